The Morgan fingerprint density at radius 2 is 0.137 bits per heavy atom. The largest absolute Gasteiger partial charge is 0.379 e. The van der Waals surface area contributed by atoms with Gasteiger partial charge < -0.3 is 213 Å². The minimum Gasteiger partial charge on any atom is -0.379 e. The summed E-state index contributed by atoms with van der Waals surface area (Å²) in [5.41, 5.74) is 0. The molecule has 0 aromatic heterocycles. The third-order valence-electron chi connectivity index (χ3n) is 16.9. The fourth-order valence-electron chi connectivity index (χ4n) is 9.95. The number of rotatable bonds is 135. The second kappa shape index (κ2) is 136. The van der Waals surface area contributed by atoms with E-state index in [0.29, 0.717) is 588 Å². The van der Waals surface area contributed by atoms with Crippen LogP contribution in [0.5, 0.6) is 0 Å². The van der Waals surface area contributed by atoms with E-state index < -0.39 is 0 Å². The van der Waals surface area contributed by atoms with Crippen LogP contribution in [0, 0.1) is 12.3 Å². The van der Waals surface area contributed by atoms with E-state index >= 15 is 0 Å². The zero-order valence-corrected chi connectivity index (χ0v) is 84.8. The third kappa shape index (κ3) is 136. The van der Waals surface area contributed by atoms with E-state index in [4.69, 9.17) is 220 Å². The highest BCUT2D eigenvalue weighted by molar-refractivity contribution is 4.82. The maximum Gasteiger partial charge on any atom is 0.107 e. The molecule has 0 heterocycles. The molecule has 0 radical (unpaired) electrons. The fraction of sp³-hybridized carbons (Fsp3) is 0.979. The normalized spacial score (nSPS) is 11.8. The maximum atomic E-state index is 5.55. The molecule has 0 rings (SSSR count). The first-order valence-electron chi connectivity index (χ1n) is 49.8. The van der Waals surface area contributed by atoms with Crippen molar-refractivity contribution in [3.05, 3.63) is 0 Å². The first-order valence-corrected chi connectivity index (χ1v) is 49.8. The molecule has 832 valence electrons. The van der Waals surface area contributed by atoms with Crippen LogP contribution in [0.3, 0.4) is 0 Å². The van der Waals surface area contributed by atoms with Crippen LogP contribution in [0.2, 0.25) is 0 Å². The Bertz CT molecular complexity index is 1950. The molecule has 0 amide bonds. The lowest BCUT2D eigenvalue weighted by molar-refractivity contribution is -0.0329. The molecule has 45 heteroatoms. The fourth-order valence-corrected chi connectivity index (χ4v) is 9.95. The summed E-state index contributed by atoms with van der Waals surface area (Å²) in [6.45, 7) is 45.9. The van der Waals surface area contributed by atoms with Gasteiger partial charge in [0.15, 0.2) is 0 Å². The van der Waals surface area contributed by atoms with Gasteiger partial charge in [-0.1, -0.05) is 12.8 Å². The van der Waals surface area contributed by atoms with Gasteiger partial charge in [0, 0.05) is 6.61 Å². The Morgan fingerprint density at radius 3 is 0.187 bits per heavy atom. The van der Waals surface area contributed by atoms with E-state index in [1.807, 2.05) is 0 Å². The highest BCUT2D eigenvalue weighted by Gasteiger charge is 2.07. The molecule has 0 aliphatic heterocycles. The Kier molecular flexibility index (Phi) is 134. The average molecular weight is 2040 g/mol. The first kappa shape index (κ1) is 137. The van der Waals surface area contributed by atoms with Gasteiger partial charge in [0.05, 0.1) is 581 Å². The molecule has 0 atom stereocenters. The summed E-state index contributed by atoms with van der Waals surface area (Å²) >= 11 is 0. The molecule has 0 saturated carbocycles. The number of hydrogen-bond acceptors (Lipinski definition) is 45. The van der Waals surface area contributed by atoms with Gasteiger partial charge in [0.1, 0.15) is 6.61 Å². The van der Waals surface area contributed by atoms with Crippen LogP contribution in [0.25, 0.3) is 0 Å². The maximum absolute atomic E-state index is 5.55. The van der Waals surface area contributed by atoms with Gasteiger partial charge in [-0.05, 0) is 6.42 Å². The predicted molar refractivity (Wildman–Crippen MR) is 506 cm³/mol. The zero-order valence-electron chi connectivity index (χ0n) is 84.8. The summed E-state index contributed by atoms with van der Waals surface area (Å²) in [5.74, 6) is 2.40. The monoisotopic (exact) mass is 2040 g/mol. The van der Waals surface area contributed by atoms with Gasteiger partial charge in [0.2, 0.25) is 0 Å². The Balaban J connectivity index is 3.11. The summed E-state index contributed by atoms with van der Waals surface area (Å²) in [5, 5.41) is 0. The molecule has 0 N–H and O–H groups in total. The van der Waals surface area contributed by atoms with Gasteiger partial charge in [-0.25, -0.2) is 0 Å². The molecule has 139 heavy (non-hydrogen) atoms. The topological polar surface area (TPSA) is 415 Å². The van der Waals surface area contributed by atoms with Crippen molar-refractivity contribution in [1.82, 2.24) is 0 Å². The quantitative estimate of drug-likeness (QED) is 0.0618. The van der Waals surface area contributed by atoms with Gasteiger partial charge in [-0.2, -0.15) is 0 Å². The van der Waals surface area contributed by atoms with Gasteiger partial charge in [-0.15, -0.1) is 6.42 Å². The van der Waals surface area contributed by atoms with E-state index in [-0.39, 0.29) is 0 Å². The van der Waals surface area contributed by atoms with Crippen LogP contribution < -0.4 is 0 Å². The first-order chi connectivity index (χ1) is 69.4. The van der Waals surface area contributed by atoms with Crippen LogP contribution in [0.1, 0.15) is 13.3 Å². The number of ether oxygens (including phenoxy) is 45. The number of hydrogen-bond donors (Lipinski definition) is 0. The molecule has 0 aromatic rings. The highest BCUT2D eigenvalue weighted by Crippen LogP contribution is 1.98. The van der Waals surface area contributed by atoms with Crippen LogP contribution in [0.4, 0.5) is 0 Å². The van der Waals surface area contributed by atoms with E-state index in [9.17, 15) is 0 Å². The SMILES string of the molecule is C#CCOCCOCCOCCOCCOCCOCCOCCOCCOCCOCCOCCOCCOCCOCCOCCOCCOCCOCCOCCOCCOCCOCCOCCOCCOCCOCCOCCOCCOCCOCCOCCOCCOCCOCCOCCOCCOCCOCCOCCOCCOCCOCCOCCOCCOCCC. The molecule has 0 fully saturated rings. The molecule has 0 bridgehead atoms. The summed E-state index contributed by atoms with van der Waals surface area (Å²) in [6, 6.07) is 0. The summed E-state index contributed by atoms with van der Waals surface area (Å²) < 4.78 is 248. The lowest BCUT2D eigenvalue weighted by Crippen LogP contribution is -2.16. The second-order valence-electron chi connectivity index (χ2n) is 28.2. The molecular formula is C94H186O45. The molecule has 0 aromatic carbocycles. The van der Waals surface area contributed by atoms with Crippen molar-refractivity contribution in [1.29, 1.82) is 0 Å². The Morgan fingerprint density at radius 1 is 0.0863 bits per heavy atom. The minimum atomic E-state index is 0.296. The molecule has 0 spiro atoms. The lowest BCUT2D eigenvalue weighted by atomic mass is 10.5. The molecule has 0 unspecified atom stereocenters. The van der Waals surface area contributed by atoms with Crippen LogP contribution in [0.15, 0.2) is 0 Å². The summed E-state index contributed by atoms with van der Waals surface area (Å²) in [4.78, 5) is 0. The molecule has 0 aliphatic rings. The Hall–Kier alpha value is -2.24. The molecule has 45 nitrogen and oxygen atoms in total. The minimum absolute atomic E-state index is 0.296. The highest BCUT2D eigenvalue weighted by atomic mass is 16.7. The van der Waals surface area contributed by atoms with E-state index in [1.165, 1.54) is 0 Å². The number of terminal acetylenes is 1. The zero-order chi connectivity index (χ0) is 98.9. The third-order valence-corrected chi connectivity index (χ3v) is 16.9. The summed E-state index contributed by atoms with van der Waals surface area (Å²) in [6.07, 6.45) is 6.12. The van der Waals surface area contributed by atoms with Crippen molar-refractivity contribution in [3.8, 4) is 12.3 Å². The second-order valence-corrected chi connectivity index (χ2v) is 28.2. The van der Waals surface area contributed by atoms with Crippen molar-refractivity contribution in [2.45, 2.75) is 13.3 Å². The van der Waals surface area contributed by atoms with Gasteiger partial charge in [-0.3, -0.25) is 0 Å². The molecular weight excluding hydrogens is 1850 g/mol. The van der Waals surface area contributed by atoms with Gasteiger partial charge >= 0.3 is 0 Å². The van der Waals surface area contributed by atoms with Crippen molar-refractivity contribution >= 4 is 0 Å². The standard InChI is InChI=1S/C94H186O45/c1-3-5-95-7-9-97-11-13-99-15-17-101-19-21-103-23-25-105-27-29-107-31-33-109-35-37-111-39-41-113-43-45-115-47-49-117-51-53-119-55-57-121-59-61-123-63-65-125-67-69-127-71-73-129-75-77-131-79-81-133-83-85-135-87-89-137-91-93-139-94-92-138-90-88-136-86-84-134-82-80-132-78-76-130-74-72-128-70-68-126-66-64-124-62-60-122-58-56-120-54-52-118-50-48-116-46-44-114-42-40-112-38-36-110-34-32-108-30-28-106-26-24-104-22-20-102-18-16-100-14-12-98-10-8-96-6-4-2/h1H,4-94H2,2H3. The van der Waals surface area contributed by atoms with Crippen LogP contribution >= 0.6 is 0 Å². The van der Waals surface area contributed by atoms with Crippen LogP contribution in [-0.4, -0.2) is 595 Å². The molecule has 0 saturated heterocycles. The van der Waals surface area contributed by atoms with Crippen molar-refractivity contribution in [2.75, 3.05) is 595 Å². The smallest absolute Gasteiger partial charge is 0.107 e. The van der Waals surface area contributed by atoms with Crippen molar-refractivity contribution in [2.24, 2.45) is 0 Å². The van der Waals surface area contributed by atoms with Crippen LogP contribution in [-0.2, 0) is 213 Å². The van der Waals surface area contributed by atoms with E-state index in [0.717, 1.165) is 13.0 Å². The summed E-state index contributed by atoms with van der Waals surface area (Å²) in [7, 11) is 0. The van der Waals surface area contributed by atoms with E-state index in [2.05, 4.69) is 12.8 Å². The molecule has 0 aliphatic carbocycles. The predicted octanol–water partition coefficient (Wildman–Crippen LogP) is 1.78. The van der Waals surface area contributed by atoms with Crippen molar-refractivity contribution in [3.63, 3.8) is 0 Å². The lowest BCUT2D eigenvalue weighted by Gasteiger charge is -2.09. The van der Waals surface area contributed by atoms with Gasteiger partial charge in [0.25, 0.3) is 0 Å². The van der Waals surface area contributed by atoms with E-state index in [1.54, 1.807) is 0 Å². The van der Waals surface area contributed by atoms with Crippen molar-refractivity contribution < 1.29 is 213 Å². The average Bonchev–Trinajstić information content (AvgIpc) is 1.10. The Labute approximate surface area is 830 Å².